The third-order valence-corrected chi connectivity index (χ3v) is 4.10. The Bertz CT molecular complexity index is 384. The van der Waals surface area contributed by atoms with Gasteiger partial charge in [0.25, 0.3) is 0 Å². The lowest BCUT2D eigenvalue weighted by atomic mass is 10.0. The maximum Gasteiger partial charge on any atom is 0.120 e. The van der Waals surface area contributed by atoms with Crippen LogP contribution < -0.4 is 5.32 Å². The minimum atomic E-state index is 0.201. The molecule has 100 valence electrons. The molecular weight excluding hydrogens is 310 g/mol. The number of aromatic hydroxyl groups is 1. The van der Waals surface area contributed by atoms with Crippen molar-refractivity contribution in [3.05, 3.63) is 40.9 Å². The lowest BCUT2D eigenvalue weighted by molar-refractivity contribution is 0.445. The highest BCUT2D eigenvalue weighted by molar-refractivity contribution is 9.10. The zero-order valence-corrected chi connectivity index (χ0v) is 13.1. The fraction of sp³-hybridized carbons (Fsp3) is 0.429. The topological polar surface area (TPSA) is 32.3 Å². The van der Waals surface area contributed by atoms with Crippen LogP contribution in [0.2, 0.25) is 0 Å². The molecule has 2 N–H and O–H groups in total. The molecule has 1 aromatic rings. The number of nitrogens with one attached hydrogen (secondary N) is 1. The molecule has 1 atom stereocenters. The molecule has 0 aromatic heterocycles. The highest BCUT2D eigenvalue weighted by Gasteiger charge is 2.13. The molecule has 0 aliphatic carbocycles. The average molecular weight is 330 g/mol. The van der Waals surface area contributed by atoms with E-state index in [-0.39, 0.29) is 6.04 Å². The van der Waals surface area contributed by atoms with Crippen LogP contribution in [-0.2, 0) is 0 Å². The Hall–Kier alpha value is -0.450. The molecular formula is C14H20BrNOS. The van der Waals surface area contributed by atoms with Crippen LogP contribution in [0.25, 0.3) is 0 Å². The van der Waals surface area contributed by atoms with Crippen LogP contribution in [0.4, 0.5) is 0 Å². The second-order valence-electron chi connectivity index (χ2n) is 3.98. The highest BCUT2D eigenvalue weighted by atomic mass is 79.9. The van der Waals surface area contributed by atoms with Gasteiger partial charge < -0.3 is 10.4 Å². The summed E-state index contributed by atoms with van der Waals surface area (Å²) in [6.07, 6.45) is 2.87. The highest BCUT2D eigenvalue weighted by Crippen LogP contribution is 2.29. The summed E-state index contributed by atoms with van der Waals surface area (Å²) in [6.45, 7) is 6.75. The van der Waals surface area contributed by atoms with Crippen LogP contribution in [0.15, 0.2) is 35.3 Å². The van der Waals surface area contributed by atoms with Crippen LogP contribution in [0, 0.1) is 0 Å². The summed E-state index contributed by atoms with van der Waals surface area (Å²) in [4.78, 5) is 0. The Balaban J connectivity index is 2.54. The minimum absolute atomic E-state index is 0.201. The lowest BCUT2D eigenvalue weighted by Gasteiger charge is -2.18. The molecule has 0 aliphatic heterocycles. The molecule has 0 spiro atoms. The molecule has 2 nitrogen and oxygen atoms in total. The molecule has 0 aliphatic rings. The van der Waals surface area contributed by atoms with Gasteiger partial charge in [-0.05, 0) is 24.6 Å². The van der Waals surface area contributed by atoms with Crippen molar-refractivity contribution in [2.24, 2.45) is 0 Å². The number of phenolic OH excluding ortho intramolecular Hbond substituents is 1. The van der Waals surface area contributed by atoms with E-state index in [1.165, 1.54) is 0 Å². The van der Waals surface area contributed by atoms with Crippen molar-refractivity contribution in [1.29, 1.82) is 0 Å². The zero-order chi connectivity index (χ0) is 13.4. The van der Waals surface area contributed by atoms with Crippen LogP contribution in [-0.4, -0.2) is 23.2 Å². The maximum atomic E-state index is 9.90. The van der Waals surface area contributed by atoms with Crippen molar-refractivity contribution in [1.82, 2.24) is 5.32 Å². The lowest BCUT2D eigenvalue weighted by Crippen LogP contribution is -2.23. The molecule has 1 rings (SSSR count). The fourth-order valence-corrected chi connectivity index (χ4v) is 2.72. The maximum absolute atomic E-state index is 9.90. The number of rotatable bonds is 8. The van der Waals surface area contributed by atoms with Crippen LogP contribution >= 0.6 is 27.7 Å². The van der Waals surface area contributed by atoms with Gasteiger partial charge in [-0.15, -0.1) is 6.58 Å². The fourth-order valence-electron chi connectivity index (χ4n) is 1.75. The van der Waals surface area contributed by atoms with Crippen LogP contribution in [0.1, 0.15) is 24.9 Å². The number of hydrogen-bond acceptors (Lipinski definition) is 3. The predicted molar refractivity (Wildman–Crippen MR) is 84.4 cm³/mol. The molecule has 18 heavy (non-hydrogen) atoms. The second kappa shape index (κ2) is 8.62. The number of phenols is 1. The molecule has 0 fully saturated rings. The van der Waals surface area contributed by atoms with Gasteiger partial charge in [-0.3, -0.25) is 0 Å². The molecule has 0 saturated carbocycles. The van der Waals surface area contributed by atoms with Gasteiger partial charge in [0.15, 0.2) is 0 Å². The van der Waals surface area contributed by atoms with Gasteiger partial charge >= 0.3 is 0 Å². The first-order chi connectivity index (χ1) is 8.69. The summed E-state index contributed by atoms with van der Waals surface area (Å²) in [5, 5.41) is 13.4. The van der Waals surface area contributed by atoms with Crippen molar-refractivity contribution in [2.45, 2.75) is 19.4 Å². The van der Waals surface area contributed by atoms with E-state index in [0.717, 1.165) is 34.5 Å². The molecule has 0 heterocycles. The first-order valence-corrected chi connectivity index (χ1v) is 8.04. The Morgan fingerprint density at radius 1 is 1.56 bits per heavy atom. The summed E-state index contributed by atoms with van der Waals surface area (Å²) < 4.78 is 0.997. The Morgan fingerprint density at radius 2 is 2.33 bits per heavy atom. The summed E-state index contributed by atoms with van der Waals surface area (Å²) in [5.41, 5.74) is 0.959. The monoisotopic (exact) mass is 329 g/mol. The molecule has 0 bridgehead atoms. The van der Waals surface area contributed by atoms with E-state index in [4.69, 9.17) is 0 Å². The van der Waals surface area contributed by atoms with Crippen molar-refractivity contribution < 1.29 is 5.11 Å². The van der Waals surface area contributed by atoms with Gasteiger partial charge in [-0.1, -0.05) is 28.9 Å². The Labute approximate surface area is 122 Å². The summed E-state index contributed by atoms with van der Waals surface area (Å²) in [6, 6.07) is 5.77. The van der Waals surface area contributed by atoms with Crippen LogP contribution in [0.3, 0.4) is 0 Å². The Kier molecular flexibility index (Phi) is 7.47. The molecule has 1 aromatic carbocycles. The van der Waals surface area contributed by atoms with Gasteiger partial charge in [0.05, 0.1) is 0 Å². The summed E-state index contributed by atoms with van der Waals surface area (Å²) in [5.74, 6) is 2.40. The molecule has 0 amide bonds. The van der Waals surface area contributed by atoms with E-state index in [0.29, 0.717) is 5.75 Å². The molecule has 0 saturated heterocycles. The van der Waals surface area contributed by atoms with Gasteiger partial charge in [0.2, 0.25) is 0 Å². The smallest absolute Gasteiger partial charge is 0.120 e. The standard InChI is InChI=1S/C14H20BrNOS/c1-3-8-18-9-7-16-13(4-2)12-10-11(15)5-6-14(12)17/h3,5-6,10,13,16-17H,1,4,7-9H2,2H3. The number of thioether (sulfide) groups is 1. The number of benzene rings is 1. The van der Waals surface area contributed by atoms with E-state index in [9.17, 15) is 5.11 Å². The molecule has 4 heteroatoms. The largest absolute Gasteiger partial charge is 0.508 e. The minimum Gasteiger partial charge on any atom is -0.508 e. The predicted octanol–water partition coefficient (Wildman–Crippen LogP) is 4.11. The average Bonchev–Trinajstić information content (AvgIpc) is 2.37. The normalized spacial score (nSPS) is 12.3. The van der Waals surface area contributed by atoms with Crippen molar-refractivity contribution in [3.8, 4) is 5.75 Å². The van der Waals surface area contributed by atoms with Gasteiger partial charge in [-0.25, -0.2) is 0 Å². The van der Waals surface area contributed by atoms with E-state index in [1.54, 1.807) is 6.07 Å². The first kappa shape index (κ1) is 15.6. The van der Waals surface area contributed by atoms with Crippen molar-refractivity contribution >= 4 is 27.7 Å². The van der Waals surface area contributed by atoms with E-state index in [1.807, 2.05) is 30.0 Å². The van der Waals surface area contributed by atoms with E-state index in [2.05, 4.69) is 34.7 Å². The third kappa shape index (κ3) is 5.04. The quantitative estimate of drug-likeness (QED) is 0.556. The SMILES string of the molecule is C=CCSCCNC(CC)c1cc(Br)ccc1O. The Morgan fingerprint density at radius 3 is 3.00 bits per heavy atom. The van der Waals surface area contributed by atoms with Gasteiger partial charge in [0, 0.05) is 34.1 Å². The molecule has 1 unspecified atom stereocenters. The summed E-state index contributed by atoms with van der Waals surface area (Å²) >= 11 is 5.30. The third-order valence-electron chi connectivity index (χ3n) is 2.65. The van der Waals surface area contributed by atoms with Gasteiger partial charge in [-0.2, -0.15) is 11.8 Å². The molecule has 0 radical (unpaired) electrons. The van der Waals surface area contributed by atoms with Gasteiger partial charge in [0.1, 0.15) is 5.75 Å². The van der Waals surface area contributed by atoms with Crippen molar-refractivity contribution in [3.63, 3.8) is 0 Å². The summed E-state index contributed by atoms with van der Waals surface area (Å²) in [7, 11) is 0. The van der Waals surface area contributed by atoms with E-state index >= 15 is 0 Å². The zero-order valence-electron chi connectivity index (χ0n) is 10.7. The first-order valence-electron chi connectivity index (χ1n) is 6.09. The number of hydrogen-bond donors (Lipinski definition) is 2. The van der Waals surface area contributed by atoms with E-state index < -0.39 is 0 Å². The second-order valence-corrected chi connectivity index (χ2v) is 6.05. The van der Waals surface area contributed by atoms with Crippen molar-refractivity contribution in [2.75, 3.05) is 18.1 Å². The van der Waals surface area contributed by atoms with Crippen LogP contribution in [0.5, 0.6) is 5.75 Å². The number of halogens is 1.